The van der Waals surface area contributed by atoms with Crippen LogP contribution in [0.25, 0.3) is 11.6 Å². The first-order valence-corrected chi connectivity index (χ1v) is 7.95. The predicted molar refractivity (Wildman–Crippen MR) is 92.6 cm³/mol. The lowest BCUT2D eigenvalue weighted by atomic mass is 9.84. The van der Waals surface area contributed by atoms with Crippen LogP contribution in [0.3, 0.4) is 0 Å². The molecule has 0 spiro atoms. The maximum absolute atomic E-state index is 12.6. The van der Waals surface area contributed by atoms with Gasteiger partial charge in [0, 0.05) is 11.1 Å². The summed E-state index contributed by atoms with van der Waals surface area (Å²) in [6.07, 6.45) is 9.59. The van der Waals surface area contributed by atoms with Gasteiger partial charge in [-0.1, -0.05) is 48.1 Å². The van der Waals surface area contributed by atoms with E-state index in [1.807, 2.05) is 31.2 Å². The van der Waals surface area contributed by atoms with E-state index in [0.717, 1.165) is 40.8 Å². The van der Waals surface area contributed by atoms with E-state index >= 15 is 0 Å². The number of carbonyl (C=O) groups excluding carboxylic acids is 1. The van der Waals surface area contributed by atoms with Crippen molar-refractivity contribution >= 4 is 17.4 Å². The molecule has 1 atom stereocenters. The minimum Gasteiger partial charge on any atom is -0.289 e. The van der Waals surface area contributed by atoms with E-state index in [1.165, 1.54) is 11.1 Å². The summed E-state index contributed by atoms with van der Waals surface area (Å²) in [5.41, 5.74) is 4.21. The first kappa shape index (κ1) is 14.8. The molecule has 22 heavy (non-hydrogen) atoms. The molecule has 0 aliphatic heterocycles. The van der Waals surface area contributed by atoms with Gasteiger partial charge < -0.3 is 0 Å². The largest absolute Gasteiger partial charge is 0.289 e. The average molecular weight is 290 g/mol. The highest BCUT2D eigenvalue weighted by Crippen LogP contribution is 2.29. The van der Waals surface area contributed by atoms with Gasteiger partial charge in [-0.25, -0.2) is 0 Å². The Hall–Kier alpha value is -2.15. The number of rotatable bonds is 2. The van der Waals surface area contributed by atoms with E-state index < -0.39 is 0 Å². The summed E-state index contributed by atoms with van der Waals surface area (Å²) < 4.78 is 0. The van der Waals surface area contributed by atoms with Crippen molar-refractivity contribution in [1.82, 2.24) is 0 Å². The normalized spacial score (nSPS) is 22.9. The van der Waals surface area contributed by atoms with Crippen molar-refractivity contribution in [2.75, 3.05) is 0 Å². The van der Waals surface area contributed by atoms with Crippen molar-refractivity contribution in [1.29, 1.82) is 0 Å². The van der Waals surface area contributed by atoms with Crippen LogP contribution in [-0.4, -0.2) is 5.78 Å². The summed E-state index contributed by atoms with van der Waals surface area (Å²) >= 11 is 0. The standard InChI is InChI=1S/C21H22O/c1-14(2)17-10-8-16(9-11-17)12-19-13-18-6-4-5-7-20(18)15(3)21(19)22/h4-8,12-13,17H,1,9-11H2,2-3H3/t17-/m0/s1. The molecular formula is C21H22O. The van der Waals surface area contributed by atoms with Crippen LogP contribution >= 0.6 is 0 Å². The van der Waals surface area contributed by atoms with Crippen molar-refractivity contribution < 1.29 is 4.79 Å². The Balaban J connectivity index is 1.96. The number of carbonyl (C=O) groups is 1. The van der Waals surface area contributed by atoms with Crippen LogP contribution in [0.5, 0.6) is 0 Å². The molecule has 0 bridgehead atoms. The number of ketones is 1. The molecule has 0 heterocycles. The molecule has 0 radical (unpaired) electrons. The van der Waals surface area contributed by atoms with Crippen molar-refractivity contribution in [2.45, 2.75) is 33.1 Å². The number of hydrogen-bond acceptors (Lipinski definition) is 1. The van der Waals surface area contributed by atoms with Crippen molar-refractivity contribution in [3.05, 3.63) is 70.2 Å². The Kier molecular flexibility index (Phi) is 3.98. The van der Waals surface area contributed by atoms with Crippen LogP contribution in [0.15, 0.2) is 59.7 Å². The Morgan fingerprint density at radius 3 is 2.77 bits per heavy atom. The average Bonchev–Trinajstić information content (AvgIpc) is 2.53. The van der Waals surface area contributed by atoms with E-state index in [4.69, 9.17) is 0 Å². The van der Waals surface area contributed by atoms with Gasteiger partial charge in [-0.3, -0.25) is 4.79 Å². The number of Topliss-reactive ketones (excluding diaryl/α,β-unsaturated/α-hetero) is 1. The fourth-order valence-corrected chi connectivity index (χ4v) is 3.28. The van der Waals surface area contributed by atoms with Crippen molar-refractivity contribution in [3.8, 4) is 0 Å². The van der Waals surface area contributed by atoms with Gasteiger partial charge in [0.15, 0.2) is 5.78 Å². The molecule has 1 heteroatoms. The maximum Gasteiger partial charge on any atom is 0.189 e. The first-order chi connectivity index (χ1) is 10.6. The van der Waals surface area contributed by atoms with Crippen LogP contribution in [0.4, 0.5) is 0 Å². The minimum atomic E-state index is 0.154. The molecule has 112 valence electrons. The second-order valence-electron chi connectivity index (χ2n) is 6.38. The first-order valence-electron chi connectivity index (χ1n) is 7.95. The van der Waals surface area contributed by atoms with Gasteiger partial charge in [-0.15, -0.1) is 0 Å². The number of benzene rings is 1. The third-order valence-corrected chi connectivity index (χ3v) is 4.76. The van der Waals surface area contributed by atoms with E-state index in [-0.39, 0.29) is 5.78 Å². The number of fused-ring (bicyclic) bond motifs is 1. The minimum absolute atomic E-state index is 0.154. The second kappa shape index (κ2) is 5.92. The summed E-state index contributed by atoms with van der Waals surface area (Å²) in [6, 6.07) is 8.10. The molecule has 3 rings (SSSR count). The van der Waals surface area contributed by atoms with Crippen LogP contribution in [0.1, 0.15) is 33.1 Å². The summed E-state index contributed by atoms with van der Waals surface area (Å²) in [5, 5.41) is 2.20. The SMILES string of the molecule is C=C(C)[C@H]1CC=C(C=C2C=c3ccccc3=C(C)C2=O)CC1. The molecule has 0 amide bonds. The highest BCUT2D eigenvalue weighted by molar-refractivity contribution is 6.28. The summed E-state index contributed by atoms with van der Waals surface area (Å²) in [6.45, 7) is 8.09. The maximum atomic E-state index is 12.6. The lowest BCUT2D eigenvalue weighted by molar-refractivity contribution is -0.110. The van der Waals surface area contributed by atoms with Gasteiger partial charge in [0.25, 0.3) is 0 Å². The summed E-state index contributed by atoms with van der Waals surface area (Å²) in [5.74, 6) is 0.754. The van der Waals surface area contributed by atoms with E-state index in [2.05, 4.69) is 31.7 Å². The van der Waals surface area contributed by atoms with Gasteiger partial charge in [0.1, 0.15) is 0 Å². The third-order valence-electron chi connectivity index (χ3n) is 4.76. The van der Waals surface area contributed by atoms with Crippen molar-refractivity contribution in [2.24, 2.45) is 5.92 Å². The van der Waals surface area contributed by atoms with Crippen LogP contribution in [0.2, 0.25) is 0 Å². The Morgan fingerprint density at radius 2 is 2.09 bits per heavy atom. The van der Waals surface area contributed by atoms with E-state index in [0.29, 0.717) is 5.92 Å². The van der Waals surface area contributed by atoms with Crippen molar-refractivity contribution in [3.63, 3.8) is 0 Å². The Morgan fingerprint density at radius 1 is 1.32 bits per heavy atom. The number of allylic oxidation sites excluding steroid dienone is 5. The zero-order valence-electron chi connectivity index (χ0n) is 13.4. The molecule has 2 aliphatic carbocycles. The van der Waals surface area contributed by atoms with E-state index in [9.17, 15) is 4.79 Å². The lowest BCUT2D eigenvalue weighted by Gasteiger charge is -2.21. The molecule has 0 aromatic heterocycles. The monoisotopic (exact) mass is 290 g/mol. The molecule has 1 aromatic carbocycles. The molecule has 1 nitrogen and oxygen atoms in total. The molecule has 0 N–H and O–H groups in total. The number of hydrogen-bond donors (Lipinski definition) is 0. The third kappa shape index (κ3) is 2.76. The fourth-order valence-electron chi connectivity index (χ4n) is 3.28. The molecule has 0 saturated carbocycles. The van der Waals surface area contributed by atoms with Gasteiger partial charge >= 0.3 is 0 Å². The lowest BCUT2D eigenvalue weighted by Crippen LogP contribution is -2.32. The Labute approximate surface area is 132 Å². The van der Waals surface area contributed by atoms with Gasteiger partial charge in [0.05, 0.1) is 0 Å². The van der Waals surface area contributed by atoms with Crippen LogP contribution in [0, 0.1) is 5.92 Å². The van der Waals surface area contributed by atoms with Crippen LogP contribution < -0.4 is 10.4 Å². The molecule has 2 aliphatic rings. The molecule has 1 aromatic rings. The Bertz CT molecular complexity index is 818. The van der Waals surface area contributed by atoms with E-state index in [1.54, 1.807) is 0 Å². The summed E-state index contributed by atoms with van der Waals surface area (Å²) in [7, 11) is 0. The fraction of sp³-hybridized carbons (Fsp3) is 0.286. The molecule has 0 saturated heterocycles. The second-order valence-corrected chi connectivity index (χ2v) is 6.38. The molecule has 0 fully saturated rings. The molecular weight excluding hydrogens is 268 g/mol. The highest BCUT2D eigenvalue weighted by Gasteiger charge is 2.18. The quantitative estimate of drug-likeness (QED) is 0.602. The van der Waals surface area contributed by atoms with Crippen LogP contribution in [-0.2, 0) is 4.79 Å². The summed E-state index contributed by atoms with van der Waals surface area (Å²) in [4.78, 5) is 12.6. The van der Waals surface area contributed by atoms with Gasteiger partial charge in [-0.05, 0) is 61.6 Å². The van der Waals surface area contributed by atoms with Gasteiger partial charge in [-0.2, -0.15) is 0 Å². The smallest absolute Gasteiger partial charge is 0.189 e. The predicted octanol–water partition coefficient (Wildman–Crippen LogP) is 3.45. The zero-order valence-corrected chi connectivity index (χ0v) is 13.4. The van der Waals surface area contributed by atoms with Gasteiger partial charge in [0.2, 0.25) is 0 Å². The topological polar surface area (TPSA) is 17.1 Å². The highest BCUT2D eigenvalue weighted by atomic mass is 16.1. The zero-order chi connectivity index (χ0) is 15.7. The molecule has 0 unspecified atom stereocenters.